The summed E-state index contributed by atoms with van der Waals surface area (Å²) < 4.78 is 12.9. The number of pyridine rings is 1. The third kappa shape index (κ3) is 1.40. The lowest BCUT2D eigenvalue weighted by Gasteiger charge is -2.05. The number of nitrogens with two attached hydrogens (primary N) is 1. The van der Waals surface area contributed by atoms with Gasteiger partial charge in [0, 0.05) is 11.5 Å². The van der Waals surface area contributed by atoms with Crippen LogP contribution in [-0.4, -0.2) is 4.98 Å². The number of rotatable bonds is 1. The molecule has 0 spiro atoms. The summed E-state index contributed by atoms with van der Waals surface area (Å²) in [5.74, 6) is 5.55. The van der Waals surface area contributed by atoms with Crippen molar-refractivity contribution in [2.75, 3.05) is 5.43 Å². The van der Waals surface area contributed by atoms with Crippen LogP contribution in [0.25, 0.3) is 10.9 Å². The van der Waals surface area contributed by atoms with Gasteiger partial charge in [-0.25, -0.2) is 15.2 Å². The van der Waals surface area contributed by atoms with Crippen LogP contribution >= 0.6 is 0 Å². The number of benzene rings is 1. The fraction of sp³-hybridized carbons (Fsp3) is 0.100. The predicted octanol–water partition coefficient (Wildman–Crippen LogP) is 1.97. The number of nitrogens with one attached hydrogen (secondary N) is 1. The molecule has 4 heteroatoms. The van der Waals surface area contributed by atoms with Gasteiger partial charge in [-0.2, -0.15) is 0 Å². The van der Waals surface area contributed by atoms with Gasteiger partial charge in [-0.3, -0.25) is 0 Å². The summed E-state index contributed by atoms with van der Waals surface area (Å²) in [6.07, 6.45) is 0. The molecule has 1 aromatic carbocycles. The van der Waals surface area contributed by atoms with Crippen LogP contribution < -0.4 is 11.3 Å². The van der Waals surface area contributed by atoms with Crippen molar-refractivity contribution in [3.8, 4) is 0 Å². The third-order valence-corrected chi connectivity index (χ3v) is 2.11. The molecule has 3 nitrogen and oxygen atoms in total. The minimum Gasteiger partial charge on any atom is -0.308 e. The van der Waals surface area contributed by atoms with E-state index < -0.39 is 0 Å². The highest BCUT2D eigenvalue weighted by Crippen LogP contribution is 2.19. The Bertz CT molecular complexity index is 482. The zero-order valence-corrected chi connectivity index (χ0v) is 7.71. The highest BCUT2D eigenvalue weighted by molar-refractivity contribution is 5.81. The lowest BCUT2D eigenvalue weighted by molar-refractivity contribution is 0.629. The highest BCUT2D eigenvalue weighted by Gasteiger charge is 2.02. The summed E-state index contributed by atoms with van der Waals surface area (Å²) in [5.41, 5.74) is 4.01. The Morgan fingerprint density at radius 1 is 1.36 bits per heavy atom. The van der Waals surface area contributed by atoms with Gasteiger partial charge in [-0.1, -0.05) is 0 Å². The molecule has 2 aromatic rings. The minimum atomic E-state index is -0.295. The molecule has 72 valence electrons. The van der Waals surface area contributed by atoms with Gasteiger partial charge >= 0.3 is 0 Å². The molecule has 0 aliphatic heterocycles. The fourth-order valence-electron chi connectivity index (χ4n) is 1.39. The summed E-state index contributed by atoms with van der Waals surface area (Å²) >= 11 is 0. The van der Waals surface area contributed by atoms with Crippen LogP contribution in [0.3, 0.4) is 0 Å². The van der Waals surface area contributed by atoms with E-state index in [0.29, 0.717) is 11.3 Å². The fourth-order valence-corrected chi connectivity index (χ4v) is 1.39. The van der Waals surface area contributed by atoms with E-state index in [4.69, 9.17) is 5.84 Å². The molecule has 0 aliphatic rings. The SMILES string of the molecule is Cc1cc2ccc(F)cc2nc1NN. The van der Waals surface area contributed by atoms with Gasteiger partial charge in [0.1, 0.15) is 11.6 Å². The summed E-state index contributed by atoms with van der Waals surface area (Å²) in [6, 6.07) is 6.41. The Kier molecular flexibility index (Phi) is 2.05. The summed E-state index contributed by atoms with van der Waals surface area (Å²) in [6.45, 7) is 1.89. The van der Waals surface area contributed by atoms with Crippen LogP contribution in [0.5, 0.6) is 0 Å². The second-order valence-corrected chi connectivity index (χ2v) is 3.14. The van der Waals surface area contributed by atoms with E-state index in [1.807, 2.05) is 13.0 Å². The number of anilines is 1. The van der Waals surface area contributed by atoms with E-state index in [1.54, 1.807) is 6.07 Å². The standard InChI is InChI=1S/C10H10FN3/c1-6-4-7-2-3-8(11)5-9(7)13-10(6)14-12/h2-5H,12H2,1H3,(H,13,14). The van der Waals surface area contributed by atoms with Crippen LogP contribution in [-0.2, 0) is 0 Å². The van der Waals surface area contributed by atoms with Gasteiger partial charge in [0.2, 0.25) is 0 Å². The maximum Gasteiger partial charge on any atom is 0.143 e. The van der Waals surface area contributed by atoms with Crippen molar-refractivity contribution in [1.29, 1.82) is 0 Å². The number of nitrogens with zero attached hydrogens (tertiary/aromatic N) is 1. The average molecular weight is 191 g/mol. The van der Waals surface area contributed by atoms with Gasteiger partial charge in [0.15, 0.2) is 0 Å². The number of halogens is 1. The minimum absolute atomic E-state index is 0.295. The number of hydrogen-bond acceptors (Lipinski definition) is 3. The summed E-state index contributed by atoms with van der Waals surface area (Å²) in [5, 5.41) is 0.905. The Morgan fingerprint density at radius 2 is 2.14 bits per heavy atom. The molecule has 0 fully saturated rings. The zero-order valence-electron chi connectivity index (χ0n) is 7.71. The molecule has 0 amide bonds. The molecular formula is C10H10FN3. The zero-order chi connectivity index (χ0) is 10.1. The first-order valence-electron chi connectivity index (χ1n) is 4.24. The molecule has 0 radical (unpaired) electrons. The molecule has 3 N–H and O–H groups in total. The van der Waals surface area contributed by atoms with Gasteiger partial charge in [0.05, 0.1) is 5.52 Å². The molecule has 0 bridgehead atoms. The Hall–Kier alpha value is -1.68. The van der Waals surface area contributed by atoms with E-state index in [-0.39, 0.29) is 5.82 Å². The van der Waals surface area contributed by atoms with Crippen molar-refractivity contribution in [2.24, 2.45) is 5.84 Å². The first-order chi connectivity index (χ1) is 6.70. The molecular weight excluding hydrogens is 181 g/mol. The van der Waals surface area contributed by atoms with Crippen molar-refractivity contribution in [3.63, 3.8) is 0 Å². The first kappa shape index (κ1) is 8.90. The first-order valence-corrected chi connectivity index (χ1v) is 4.24. The monoisotopic (exact) mass is 191 g/mol. The number of fused-ring (bicyclic) bond motifs is 1. The largest absolute Gasteiger partial charge is 0.308 e. The maximum absolute atomic E-state index is 12.9. The predicted molar refractivity (Wildman–Crippen MR) is 54.2 cm³/mol. The quantitative estimate of drug-likeness (QED) is 0.535. The molecule has 0 aliphatic carbocycles. The summed E-state index contributed by atoms with van der Waals surface area (Å²) in [4.78, 5) is 4.18. The second kappa shape index (κ2) is 3.23. The molecule has 1 aromatic heterocycles. The third-order valence-electron chi connectivity index (χ3n) is 2.11. The molecule has 0 atom stereocenters. The molecule has 0 saturated carbocycles. The Morgan fingerprint density at radius 3 is 2.86 bits per heavy atom. The van der Waals surface area contributed by atoms with Crippen molar-refractivity contribution in [2.45, 2.75) is 6.92 Å². The normalized spacial score (nSPS) is 10.5. The van der Waals surface area contributed by atoms with Crippen LogP contribution in [0.4, 0.5) is 10.2 Å². The van der Waals surface area contributed by atoms with E-state index in [9.17, 15) is 4.39 Å². The highest BCUT2D eigenvalue weighted by atomic mass is 19.1. The van der Waals surface area contributed by atoms with Crippen LogP contribution in [0.15, 0.2) is 24.3 Å². The van der Waals surface area contributed by atoms with Gasteiger partial charge in [0.25, 0.3) is 0 Å². The Labute approximate surface area is 80.7 Å². The van der Waals surface area contributed by atoms with E-state index in [0.717, 1.165) is 10.9 Å². The van der Waals surface area contributed by atoms with Gasteiger partial charge in [-0.15, -0.1) is 0 Å². The van der Waals surface area contributed by atoms with Crippen LogP contribution in [0, 0.1) is 12.7 Å². The molecule has 2 rings (SSSR count). The summed E-state index contributed by atoms with van der Waals surface area (Å²) in [7, 11) is 0. The van der Waals surface area contributed by atoms with Crippen molar-refractivity contribution < 1.29 is 4.39 Å². The van der Waals surface area contributed by atoms with E-state index >= 15 is 0 Å². The second-order valence-electron chi connectivity index (χ2n) is 3.14. The average Bonchev–Trinajstić information content (AvgIpc) is 2.17. The number of hydrogen-bond donors (Lipinski definition) is 2. The van der Waals surface area contributed by atoms with Crippen LogP contribution in [0.2, 0.25) is 0 Å². The van der Waals surface area contributed by atoms with Crippen molar-refractivity contribution in [1.82, 2.24) is 4.98 Å². The van der Waals surface area contributed by atoms with E-state index in [1.165, 1.54) is 12.1 Å². The van der Waals surface area contributed by atoms with E-state index in [2.05, 4.69) is 10.4 Å². The smallest absolute Gasteiger partial charge is 0.143 e. The Balaban J connectivity index is 2.73. The number of nitrogen functional groups attached to an aromatic ring is 1. The van der Waals surface area contributed by atoms with Gasteiger partial charge in [-0.05, 0) is 30.7 Å². The molecule has 0 saturated heterocycles. The van der Waals surface area contributed by atoms with Gasteiger partial charge < -0.3 is 5.43 Å². The lowest BCUT2D eigenvalue weighted by Crippen LogP contribution is -2.10. The van der Waals surface area contributed by atoms with Crippen LogP contribution in [0.1, 0.15) is 5.56 Å². The number of aryl methyl sites for hydroxylation is 1. The number of hydrazine groups is 1. The molecule has 0 unspecified atom stereocenters. The topological polar surface area (TPSA) is 50.9 Å². The molecule has 1 heterocycles. The van der Waals surface area contributed by atoms with Crippen molar-refractivity contribution in [3.05, 3.63) is 35.6 Å². The maximum atomic E-state index is 12.9. The van der Waals surface area contributed by atoms with Crippen molar-refractivity contribution >= 4 is 16.7 Å². The lowest BCUT2D eigenvalue weighted by atomic mass is 10.1. The number of aromatic nitrogens is 1. The molecule has 14 heavy (non-hydrogen) atoms.